The van der Waals surface area contributed by atoms with Crippen LogP contribution in [0.3, 0.4) is 0 Å². The minimum atomic E-state index is -3.52. The van der Waals surface area contributed by atoms with E-state index in [0.29, 0.717) is 23.3 Å². The Morgan fingerprint density at radius 2 is 1.96 bits per heavy atom. The number of aryl methyl sites for hydroxylation is 2. The minimum absolute atomic E-state index is 0.274. The lowest BCUT2D eigenvalue weighted by atomic mass is 10.1. The van der Waals surface area contributed by atoms with Gasteiger partial charge in [0, 0.05) is 26.7 Å². The van der Waals surface area contributed by atoms with Crippen LogP contribution in [-0.2, 0) is 10.0 Å². The Bertz CT molecular complexity index is 862. The number of nitrogens with zero attached hydrogens (tertiary/aromatic N) is 1. The smallest absolute Gasteiger partial charge is 0.240 e. The summed E-state index contributed by atoms with van der Waals surface area (Å²) in [5, 5.41) is 10.6. The average Bonchev–Trinajstić information content (AvgIpc) is 3.17. The molecular formula is C19H28N4O2S2. The molecule has 0 saturated carbocycles. The molecule has 0 aliphatic rings. The zero-order chi connectivity index (χ0) is 19.9. The van der Waals surface area contributed by atoms with Gasteiger partial charge in [0.05, 0.1) is 4.90 Å². The fraction of sp³-hybridized carbons (Fsp3) is 0.421. The Hall–Kier alpha value is -1.90. The van der Waals surface area contributed by atoms with Crippen LogP contribution in [0.4, 0.5) is 0 Å². The van der Waals surface area contributed by atoms with E-state index in [1.54, 1.807) is 31.4 Å². The maximum atomic E-state index is 12.5. The lowest BCUT2D eigenvalue weighted by Crippen LogP contribution is -2.42. The van der Waals surface area contributed by atoms with Gasteiger partial charge in [0.2, 0.25) is 10.0 Å². The van der Waals surface area contributed by atoms with Gasteiger partial charge in [-0.05, 0) is 59.3 Å². The van der Waals surface area contributed by atoms with Gasteiger partial charge in [0.25, 0.3) is 0 Å². The summed E-state index contributed by atoms with van der Waals surface area (Å²) in [7, 11) is -1.82. The van der Waals surface area contributed by atoms with Gasteiger partial charge in [-0.3, -0.25) is 4.99 Å². The number of guanidine groups is 1. The normalized spacial score (nSPS) is 13.4. The Labute approximate surface area is 166 Å². The standard InChI is InChI=1S/C19H28N4O2S2/c1-14-5-6-15(2)18(11-14)27(24,25)23-9-8-21-19(20-4)22-12-16(3)17-7-10-26-13-17/h5-7,10-11,13,16,23H,8-9,12H2,1-4H3,(H2,20,21,22). The van der Waals surface area contributed by atoms with Crippen LogP contribution in [0.2, 0.25) is 0 Å². The van der Waals surface area contributed by atoms with Crippen LogP contribution in [0.1, 0.15) is 29.5 Å². The molecule has 0 fully saturated rings. The molecule has 0 saturated heterocycles. The number of aliphatic imine (C=N–C) groups is 1. The second-order valence-electron chi connectivity index (χ2n) is 6.50. The van der Waals surface area contributed by atoms with Crippen LogP contribution in [0.15, 0.2) is 44.9 Å². The molecule has 0 amide bonds. The highest BCUT2D eigenvalue weighted by molar-refractivity contribution is 7.89. The molecule has 6 nitrogen and oxygen atoms in total. The Balaban J connectivity index is 1.79. The van der Waals surface area contributed by atoms with Crippen molar-refractivity contribution >= 4 is 27.3 Å². The third-order valence-corrected chi connectivity index (χ3v) is 6.56. The number of benzene rings is 1. The van der Waals surface area contributed by atoms with Crippen molar-refractivity contribution in [2.75, 3.05) is 26.7 Å². The van der Waals surface area contributed by atoms with Gasteiger partial charge in [-0.2, -0.15) is 11.3 Å². The molecular weight excluding hydrogens is 380 g/mol. The molecule has 27 heavy (non-hydrogen) atoms. The molecule has 3 N–H and O–H groups in total. The summed E-state index contributed by atoms with van der Waals surface area (Å²) in [5.74, 6) is 1.03. The highest BCUT2D eigenvalue weighted by Crippen LogP contribution is 2.17. The SMILES string of the molecule is CN=C(NCCNS(=O)(=O)c1cc(C)ccc1C)NCC(C)c1ccsc1. The second-order valence-corrected chi connectivity index (χ2v) is 9.02. The van der Waals surface area contributed by atoms with Crippen LogP contribution in [0.5, 0.6) is 0 Å². The van der Waals surface area contributed by atoms with Crippen molar-refractivity contribution in [1.29, 1.82) is 0 Å². The number of rotatable bonds is 8. The fourth-order valence-electron chi connectivity index (χ4n) is 2.58. The van der Waals surface area contributed by atoms with Gasteiger partial charge in [-0.15, -0.1) is 0 Å². The van der Waals surface area contributed by atoms with Gasteiger partial charge < -0.3 is 10.6 Å². The maximum Gasteiger partial charge on any atom is 0.240 e. The molecule has 0 spiro atoms. The van der Waals surface area contributed by atoms with Crippen molar-refractivity contribution < 1.29 is 8.42 Å². The van der Waals surface area contributed by atoms with E-state index in [4.69, 9.17) is 0 Å². The first-order chi connectivity index (χ1) is 12.8. The van der Waals surface area contributed by atoms with E-state index in [9.17, 15) is 8.42 Å². The summed E-state index contributed by atoms with van der Waals surface area (Å²) in [6.07, 6.45) is 0. The zero-order valence-electron chi connectivity index (χ0n) is 16.2. The lowest BCUT2D eigenvalue weighted by Gasteiger charge is -2.16. The van der Waals surface area contributed by atoms with Gasteiger partial charge in [-0.25, -0.2) is 13.1 Å². The molecule has 0 bridgehead atoms. The maximum absolute atomic E-state index is 12.5. The van der Waals surface area contributed by atoms with E-state index in [1.165, 1.54) is 5.56 Å². The molecule has 0 aliphatic heterocycles. The zero-order valence-corrected chi connectivity index (χ0v) is 17.9. The van der Waals surface area contributed by atoms with Gasteiger partial charge in [0.15, 0.2) is 5.96 Å². The van der Waals surface area contributed by atoms with E-state index >= 15 is 0 Å². The van der Waals surface area contributed by atoms with Crippen molar-refractivity contribution in [3.8, 4) is 0 Å². The van der Waals surface area contributed by atoms with Gasteiger partial charge in [-0.1, -0.05) is 19.1 Å². The largest absolute Gasteiger partial charge is 0.356 e. The van der Waals surface area contributed by atoms with Crippen LogP contribution in [-0.4, -0.2) is 41.1 Å². The average molecular weight is 409 g/mol. The van der Waals surface area contributed by atoms with E-state index in [2.05, 4.69) is 44.1 Å². The van der Waals surface area contributed by atoms with Crippen molar-refractivity contribution in [3.05, 3.63) is 51.7 Å². The molecule has 1 atom stereocenters. The molecule has 1 aromatic heterocycles. The van der Waals surface area contributed by atoms with E-state index in [0.717, 1.165) is 17.7 Å². The summed E-state index contributed by atoms with van der Waals surface area (Å²) < 4.78 is 27.6. The van der Waals surface area contributed by atoms with Crippen molar-refractivity contribution in [1.82, 2.24) is 15.4 Å². The fourth-order valence-corrected chi connectivity index (χ4v) is 4.73. The molecule has 2 rings (SSSR count). The Morgan fingerprint density at radius 3 is 2.63 bits per heavy atom. The van der Waals surface area contributed by atoms with Crippen molar-refractivity contribution in [2.24, 2.45) is 4.99 Å². The van der Waals surface area contributed by atoms with E-state index < -0.39 is 10.0 Å². The quantitative estimate of drug-likeness (QED) is 0.356. The summed E-state index contributed by atoms with van der Waals surface area (Å²) in [5.41, 5.74) is 2.95. The summed E-state index contributed by atoms with van der Waals surface area (Å²) in [6.45, 7) is 7.30. The predicted octanol–water partition coefficient (Wildman–Crippen LogP) is 2.61. The molecule has 8 heteroatoms. The van der Waals surface area contributed by atoms with Crippen LogP contribution in [0.25, 0.3) is 0 Å². The van der Waals surface area contributed by atoms with Crippen LogP contribution in [0, 0.1) is 13.8 Å². The number of hydrogen-bond acceptors (Lipinski definition) is 4. The highest BCUT2D eigenvalue weighted by atomic mass is 32.2. The molecule has 1 aromatic carbocycles. The summed E-state index contributed by atoms with van der Waals surface area (Å²) >= 11 is 1.69. The molecule has 1 unspecified atom stereocenters. The third-order valence-electron chi connectivity index (χ3n) is 4.25. The number of hydrogen-bond donors (Lipinski definition) is 3. The first kappa shape index (κ1) is 21.4. The van der Waals surface area contributed by atoms with Crippen molar-refractivity contribution in [3.63, 3.8) is 0 Å². The first-order valence-corrected chi connectivity index (χ1v) is 11.3. The van der Waals surface area contributed by atoms with Gasteiger partial charge in [0.1, 0.15) is 0 Å². The summed E-state index contributed by atoms with van der Waals surface area (Å²) in [4.78, 5) is 4.51. The molecule has 0 radical (unpaired) electrons. The third kappa shape index (κ3) is 6.34. The number of nitrogens with one attached hydrogen (secondary N) is 3. The molecule has 148 valence electrons. The van der Waals surface area contributed by atoms with Gasteiger partial charge >= 0.3 is 0 Å². The predicted molar refractivity (Wildman–Crippen MR) is 113 cm³/mol. The topological polar surface area (TPSA) is 82.6 Å². The molecule has 2 aromatic rings. The van der Waals surface area contributed by atoms with Crippen LogP contribution < -0.4 is 15.4 Å². The molecule has 0 aliphatic carbocycles. The minimum Gasteiger partial charge on any atom is -0.356 e. The number of thiophene rings is 1. The van der Waals surface area contributed by atoms with Crippen molar-refractivity contribution in [2.45, 2.75) is 31.6 Å². The lowest BCUT2D eigenvalue weighted by molar-refractivity contribution is 0.579. The van der Waals surface area contributed by atoms with E-state index in [-0.39, 0.29) is 6.54 Å². The Kier molecular flexibility index (Phi) is 7.82. The summed E-state index contributed by atoms with van der Waals surface area (Å²) in [6, 6.07) is 7.54. The second kappa shape index (κ2) is 9.87. The monoisotopic (exact) mass is 408 g/mol. The highest BCUT2D eigenvalue weighted by Gasteiger charge is 2.16. The van der Waals surface area contributed by atoms with E-state index in [1.807, 2.05) is 19.1 Å². The number of sulfonamides is 1. The van der Waals surface area contributed by atoms with Crippen LogP contribution >= 0.6 is 11.3 Å². The molecule has 1 heterocycles. The first-order valence-electron chi connectivity index (χ1n) is 8.87. The Morgan fingerprint density at radius 1 is 1.19 bits per heavy atom.